The summed E-state index contributed by atoms with van der Waals surface area (Å²) in [4.78, 5) is 32.0. The summed E-state index contributed by atoms with van der Waals surface area (Å²) < 4.78 is 24.6. The molecule has 8 nitrogen and oxygen atoms in total. The van der Waals surface area contributed by atoms with Crippen molar-refractivity contribution in [3.05, 3.63) is 95.6 Å². The summed E-state index contributed by atoms with van der Waals surface area (Å²) >= 11 is 4.73. The van der Waals surface area contributed by atoms with E-state index in [0.29, 0.717) is 50.0 Å². The number of carbonyl (C=O) groups excluding carboxylic acids is 1. The number of methoxy groups -OCH3 is 2. The van der Waals surface area contributed by atoms with E-state index in [-0.39, 0.29) is 12.2 Å². The van der Waals surface area contributed by atoms with E-state index < -0.39 is 12.0 Å². The number of esters is 1. The van der Waals surface area contributed by atoms with E-state index >= 15 is 0 Å². The Kier molecular flexibility index (Phi) is 8.53. The Morgan fingerprint density at radius 3 is 2.53 bits per heavy atom. The van der Waals surface area contributed by atoms with Crippen molar-refractivity contribution in [3.63, 3.8) is 0 Å². The summed E-state index contributed by atoms with van der Waals surface area (Å²) in [6.45, 7) is 7.73. The second-order valence-electron chi connectivity index (χ2n) is 8.20. The van der Waals surface area contributed by atoms with Gasteiger partial charge in [0.05, 0.1) is 47.1 Å². The van der Waals surface area contributed by atoms with Gasteiger partial charge in [0.15, 0.2) is 4.80 Å². The van der Waals surface area contributed by atoms with Gasteiger partial charge in [-0.2, -0.15) is 0 Å². The Bertz CT molecular complexity index is 1590. The smallest absolute Gasteiger partial charge is 0.338 e. The number of hydrogen-bond donors (Lipinski definition) is 0. The molecule has 38 heavy (non-hydrogen) atoms. The largest absolute Gasteiger partial charge is 0.496 e. The van der Waals surface area contributed by atoms with E-state index in [4.69, 9.17) is 18.9 Å². The van der Waals surface area contributed by atoms with E-state index in [1.54, 1.807) is 63.0 Å². The second kappa shape index (κ2) is 11.8. The Morgan fingerprint density at radius 1 is 1.18 bits per heavy atom. The third-order valence-electron chi connectivity index (χ3n) is 5.87. The number of aromatic nitrogens is 1. The van der Waals surface area contributed by atoms with E-state index in [2.05, 4.69) is 27.5 Å². The van der Waals surface area contributed by atoms with Gasteiger partial charge in [-0.3, -0.25) is 9.36 Å². The van der Waals surface area contributed by atoms with Crippen LogP contribution in [0.15, 0.2) is 74.6 Å². The average molecular weight is 600 g/mol. The molecule has 10 heteroatoms. The van der Waals surface area contributed by atoms with Crippen molar-refractivity contribution >= 4 is 39.3 Å². The molecule has 198 valence electrons. The zero-order chi connectivity index (χ0) is 27.4. The van der Waals surface area contributed by atoms with Crippen molar-refractivity contribution < 1.29 is 23.7 Å². The summed E-state index contributed by atoms with van der Waals surface area (Å²) in [5.41, 5.74) is 1.94. The van der Waals surface area contributed by atoms with Gasteiger partial charge >= 0.3 is 5.97 Å². The van der Waals surface area contributed by atoms with E-state index in [0.717, 1.165) is 10.0 Å². The molecule has 1 aromatic heterocycles. The molecule has 1 aliphatic rings. The monoisotopic (exact) mass is 598 g/mol. The van der Waals surface area contributed by atoms with Crippen LogP contribution in [-0.4, -0.2) is 38.0 Å². The molecule has 0 N–H and O–H groups in total. The first kappa shape index (κ1) is 27.4. The SMILES string of the molecule is C=CCOc1ccc([C@@H]2C(C(=O)OCC)=C(C)N=c3sc(=Cc4cc(Br)c(OC)cc4OC)c(=O)n32)cc1. The lowest BCUT2D eigenvalue weighted by molar-refractivity contribution is -0.139. The number of ether oxygens (including phenoxy) is 4. The minimum atomic E-state index is -0.717. The molecule has 1 atom stereocenters. The van der Waals surface area contributed by atoms with Crippen LogP contribution in [0, 0.1) is 0 Å². The minimum Gasteiger partial charge on any atom is -0.496 e. The van der Waals surface area contributed by atoms with Crippen molar-refractivity contribution in [1.82, 2.24) is 4.57 Å². The van der Waals surface area contributed by atoms with Crippen molar-refractivity contribution in [2.24, 2.45) is 4.99 Å². The summed E-state index contributed by atoms with van der Waals surface area (Å²) in [5, 5.41) is 0. The molecular weight excluding hydrogens is 572 g/mol. The second-order valence-corrected chi connectivity index (χ2v) is 10.1. The number of nitrogens with zero attached hydrogens (tertiary/aromatic N) is 2. The van der Waals surface area contributed by atoms with Gasteiger partial charge in [-0.15, -0.1) is 0 Å². The Hall–Kier alpha value is -3.63. The zero-order valence-electron chi connectivity index (χ0n) is 21.4. The highest BCUT2D eigenvalue weighted by atomic mass is 79.9. The molecule has 2 heterocycles. The number of hydrogen-bond acceptors (Lipinski definition) is 8. The normalized spacial score (nSPS) is 15.0. The fourth-order valence-corrected chi connectivity index (χ4v) is 5.71. The number of allylic oxidation sites excluding steroid dienone is 1. The van der Waals surface area contributed by atoms with Crippen molar-refractivity contribution in [2.45, 2.75) is 19.9 Å². The average Bonchev–Trinajstić information content (AvgIpc) is 3.21. The van der Waals surface area contributed by atoms with E-state index in [1.165, 1.54) is 11.3 Å². The summed E-state index contributed by atoms with van der Waals surface area (Å²) in [7, 11) is 3.12. The van der Waals surface area contributed by atoms with Crippen LogP contribution in [0.4, 0.5) is 0 Å². The van der Waals surface area contributed by atoms with E-state index in [9.17, 15) is 9.59 Å². The topological polar surface area (TPSA) is 88.4 Å². The highest BCUT2D eigenvalue weighted by molar-refractivity contribution is 9.10. The lowest BCUT2D eigenvalue weighted by Crippen LogP contribution is -2.39. The van der Waals surface area contributed by atoms with Crippen molar-refractivity contribution in [2.75, 3.05) is 27.4 Å². The molecule has 0 amide bonds. The third-order valence-corrected chi connectivity index (χ3v) is 7.47. The zero-order valence-corrected chi connectivity index (χ0v) is 23.9. The fourth-order valence-electron chi connectivity index (χ4n) is 4.15. The quantitative estimate of drug-likeness (QED) is 0.272. The van der Waals surface area contributed by atoms with Crippen LogP contribution in [0.2, 0.25) is 0 Å². The van der Waals surface area contributed by atoms with Crippen molar-refractivity contribution in [1.29, 1.82) is 0 Å². The van der Waals surface area contributed by atoms with Crippen LogP contribution >= 0.6 is 27.3 Å². The number of fused-ring (bicyclic) bond motifs is 1. The molecule has 4 rings (SSSR count). The standard InChI is InChI=1S/C28H27BrN2O6S/c1-6-12-37-19-10-8-17(9-11-19)25-24(27(33)36-7-2)16(3)30-28-31(25)26(32)23(38-28)14-18-13-20(29)22(35-5)15-21(18)34-4/h6,8-11,13-15,25H,1,7,12H2,2-5H3/t25-/m1/s1. The van der Waals surface area contributed by atoms with Crippen LogP contribution in [0.5, 0.6) is 17.2 Å². The van der Waals surface area contributed by atoms with Crippen LogP contribution in [-0.2, 0) is 9.53 Å². The maximum atomic E-state index is 13.8. The van der Waals surface area contributed by atoms with Gasteiger partial charge in [0.2, 0.25) is 0 Å². The molecule has 0 radical (unpaired) electrons. The van der Waals surface area contributed by atoms with Crippen molar-refractivity contribution in [3.8, 4) is 17.2 Å². The Labute approximate surface area is 232 Å². The lowest BCUT2D eigenvalue weighted by Gasteiger charge is -2.24. The first-order chi connectivity index (χ1) is 18.3. The van der Waals surface area contributed by atoms with E-state index in [1.807, 2.05) is 18.2 Å². The Balaban J connectivity index is 1.91. The predicted molar refractivity (Wildman–Crippen MR) is 150 cm³/mol. The van der Waals surface area contributed by atoms with Gasteiger partial charge in [0.25, 0.3) is 5.56 Å². The van der Waals surface area contributed by atoms with Crippen LogP contribution in [0.1, 0.15) is 31.0 Å². The summed E-state index contributed by atoms with van der Waals surface area (Å²) in [5.74, 6) is 1.29. The van der Waals surface area contributed by atoms with Gasteiger partial charge in [-0.25, -0.2) is 9.79 Å². The van der Waals surface area contributed by atoms with Crippen LogP contribution in [0.3, 0.4) is 0 Å². The summed E-state index contributed by atoms with van der Waals surface area (Å²) in [6, 6.07) is 10.1. The van der Waals surface area contributed by atoms with Gasteiger partial charge in [0.1, 0.15) is 23.9 Å². The highest BCUT2D eigenvalue weighted by Crippen LogP contribution is 2.34. The van der Waals surface area contributed by atoms with Crippen LogP contribution in [0.25, 0.3) is 6.08 Å². The predicted octanol–water partition coefficient (Wildman–Crippen LogP) is 4.14. The van der Waals surface area contributed by atoms with Crippen LogP contribution < -0.4 is 29.1 Å². The molecular formula is C28H27BrN2O6S. The van der Waals surface area contributed by atoms with Gasteiger partial charge in [-0.05, 0) is 59.6 Å². The lowest BCUT2D eigenvalue weighted by atomic mass is 9.96. The molecule has 0 aliphatic carbocycles. The number of halogens is 1. The molecule has 0 spiro atoms. The molecule has 1 aliphatic heterocycles. The highest BCUT2D eigenvalue weighted by Gasteiger charge is 2.33. The molecule has 0 bridgehead atoms. The summed E-state index contributed by atoms with van der Waals surface area (Å²) in [6.07, 6.45) is 3.41. The maximum Gasteiger partial charge on any atom is 0.338 e. The fraction of sp³-hybridized carbons (Fsp3) is 0.250. The molecule has 0 fully saturated rings. The molecule has 3 aromatic rings. The van der Waals surface area contributed by atoms with Gasteiger partial charge < -0.3 is 18.9 Å². The minimum absolute atomic E-state index is 0.202. The maximum absolute atomic E-state index is 13.8. The molecule has 0 saturated heterocycles. The third kappa shape index (κ3) is 5.32. The van der Waals surface area contributed by atoms with Gasteiger partial charge in [-0.1, -0.05) is 36.1 Å². The number of rotatable bonds is 9. The first-order valence-corrected chi connectivity index (χ1v) is 13.4. The molecule has 0 saturated carbocycles. The molecule has 2 aromatic carbocycles. The number of thiazole rings is 1. The van der Waals surface area contributed by atoms with Gasteiger partial charge in [0, 0.05) is 11.6 Å². The Morgan fingerprint density at radius 2 is 1.89 bits per heavy atom. The first-order valence-electron chi connectivity index (χ1n) is 11.8. The number of carbonyl (C=O) groups is 1. The molecule has 0 unspecified atom stereocenters. The number of benzene rings is 2.